The van der Waals surface area contributed by atoms with E-state index in [-0.39, 0.29) is 0 Å². The third kappa shape index (κ3) is 0.653. The van der Waals surface area contributed by atoms with Crippen LogP contribution in [0.2, 0.25) is 0 Å². The molecule has 2 saturated carbocycles. The zero-order valence-corrected chi connectivity index (χ0v) is 6.43. The van der Waals surface area contributed by atoms with Gasteiger partial charge in [-0.1, -0.05) is 13.8 Å². The molecule has 0 aliphatic heterocycles. The van der Waals surface area contributed by atoms with Crippen molar-refractivity contribution in [2.75, 3.05) is 0 Å². The van der Waals surface area contributed by atoms with E-state index in [0.717, 1.165) is 23.7 Å². The molecule has 0 amide bonds. The summed E-state index contributed by atoms with van der Waals surface area (Å²) in [5.74, 6) is 4.36. The van der Waals surface area contributed by atoms with Crippen LogP contribution in [0, 0.1) is 23.7 Å². The first kappa shape index (κ1) is 5.76. The summed E-state index contributed by atoms with van der Waals surface area (Å²) in [5, 5.41) is 0. The summed E-state index contributed by atoms with van der Waals surface area (Å²) in [7, 11) is 0. The quantitative estimate of drug-likeness (QED) is 0.465. The van der Waals surface area contributed by atoms with Crippen molar-refractivity contribution >= 4 is 0 Å². The fourth-order valence-electron chi connectivity index (χ4n) is 2.69. The highest BCUT2D eigenvalue weighted by Crippen LogP contribution is 2.52. The molecule has 0 aromatic rings. The molecule has 0 nitrogen and oxygen atoms in total. The Kier molecular flexibility index (Phi) is 1.12. The van der Waals surface area contributed by atoms with Crippen molar-refractivity contribution in [1.29, 1.82) is 0 Å². The maximum atomic E-state index is 2.44. The van der Waals surface area contributed by atoms with Gasteiger partial charge in [-0.3, -0.25) is 0 Å². The zero-order chi connectivity index (χ0) is 6.43. The molecule has 2 aliphatic carbocycles. The third-order valence-corrected chi connectivity index (χ3v) is 3.72. The lowest BCUT2D eigenvalue weighted by atomic mass is 9.73. The summed E-state index contributed by atoms with van der Waals surface area (Å²) in [6, 6.07) is 0. The van der Waals surface area contributed by atoms with Gasteiger partial charge in [-0.15, -0.1) is 0 Å². The first-order chi connectivity index (χ1) is 4.29. The van der Waals surface area contributed by atoms with Gasteiger partial charge >= 0.3 is 0 Å². The minimum absolute atomic E-state index is 1.03. The smallest absolute Gasteiger partial charge is 0.0357 e. The van der Waals surface area contributed by atoms with Crippen molar-refractivity contribution in [1.82, 2.24) is 0 Å². The van der Waals surface area contributed by atoms with Crippen LogP contribution >= 0.6 is 0 Å². The number of rotatable bonds is 0. The second-order valence-electron chi connectivity index (χ2n) is 4.07. The summed E-state index contributed by atoms with van der Waals surface area (Å²) >= 11 is 0. The second kappa shape index (κ2) is 1.74. The van der Waals surface area contributed by atoms with Gasteiger partial charge in [0.2, 0.25) is 0 Å². The molecule has 0 heterocycles. The van der Waals surface area contributed by atoms with E-state index in [1.54, 1.807) is 6.42 Å². The van der Waals surface area contributed by atoms with Crippen molar-refractivity contribution in [2.45, 2.75) is 33.1 Å². The normalized spacial score (nSPS) is 56.7. The SMILES string of the molecule is CC1C2CCC2C[C@H]1C. The average molecular weight is 124 g/mol. The predicted octanol–water partition coefficient (Wildman–Crippen LogP) is 2.69. The van der Waals surface area contributed by atoms with Crippen molar-refractivity contribution in [2.24, 2.45) is 23.7 Å². The second-order valence-corrected chi connectivity index (χ2v) is 4.07. The van der Waals surface area contributed by atoms with Crippen LogP contribution in [-0.2, 0) is 0 Å². The van der Waals surface area contributed by atoms with Gasteiger partial charge in [0, 0.05) is 0 Å². The lowest BCUT2D eigenvalue weighted by Crippen LogP contribution is -2.23. The van der Waals surface area contributed by atoms with E-state index in [1.165, 1.54) is 12.8 Å². The first-order valence-corrected chi connectivity index (χ1v) is 4.29. The minimum Gasteiger partial charge on any atom is -0.0622 e. The standard InChI is InChI=1S/C9H16/c1-6-5-8-3-4-9(8)7(6)2/h6-9H,3-5H2,1-2H3/t6-,7?,8?,9?/m1/s1. The summed E-state index contributed by atoms with van der Waals surface area (Å²) in [6.07, 6.45) is 4.61. The van der Waals surface area contributed by atoms with Crippen LogP contribution in [0.4, 0.5) is 0 Å². The molecule has 9 heavy (non-hydrogen) atoms. The van der Waals surface area contributed by atoms with Gasteiger partial charge in [0.05, 0.1) is 0 Å². The molecule has 3 unspecified atom stereocenters. The molecule has 52 valence electrons. The van der Waals surface area contributed by atoms with Crippen LogP contribution in [0.3, 0.4) is 0 Å². The number of fused-ring (bicyclic) bond motifs is 1. The van der Waals surface area contributed by atoms with Crippen LogP contribution in [0.1, 0.15) is 33.1 Å². The summed E-state index contributed by atoms with van der Waals surface area (Å²) in [6.45, 7) is 4.86. The topological polar surface area (TPSA) is 0 Å². The number of hydrogen-bond acceptors (Lipinski definition) is 0. The molecule has 0 heteroatoms. The molecule has 2 rings (SSSR count). The van der Waals surface area contributed by atoms with Crippen LogP contribution in [0.25, 0.3) is 0 Å². The van der Waals surface area contributed by atoms with E-state index >= 15 is 0 Å². The Bertz CT molecular complexity index is 113. The molecule has 2 fully saturated rings. The monoisotopic (exact) mass is 124 g/mol. The van der Waals surface area contributed by atoms with Gasteiger partial charge in [0.25, 0.3) is 0 Å². The maximum Gasteiger partial charge on any atom is -0.0357 e. The Morgan fingerprint density at radius 2 is 1.89 bits per heavy atom. The summed E-state index contributed by atoms with van der Waals surface area (Å²) in [5.41, 5.74) is 0. The van der Waals surface area contributed by atoms with Crippen LogP contribution in [-0.4, -0.2) is 0 Å². The maximum absolute atomic E-state index is 2.44. The predicted molar refractivity (Wildman–Crippen MR) is 39.2 cm³/mol. The molecule has 0 aromatic carbocycles. The Hall–Kier alpha value is 0. The highest BCUT2D eigenvalue weighted by atomic mass is 14.5. The van der Waals surface area contributed by atoms with Gasteiger partial charge in [0.1, 0.15) is 0 Å². The summed E-state index contributed by atoms with van der Waals surface area (Å²) < 4.78 is 0. The fraction of sp³-hybridized carbons (Fsp3) is 1.00. The van der Waals surface area contributed by atoms with Gasteiger partial charge in [-0.25, -0.2) is 0 Å². The van der Waals surface area contributed by atoms with Gasteiger partial charge in [-0.2, -0.15) is 0 Å². The highest BCUT2D eigenvalue weighted by Gasteiger charge is 2.43. The van der Waals surface area contributed by atoms with Crippen molar-refractivity contribution in [3.63, 3.8) is 0 Å². The molecule has 4 atom stereocenters. The van der Waals surface area contributed by atoms with E-state index in [4.69, 9.17) is 0 Å². The van der Waals surface area contributed by atoms with E-state index in [2.05, 4.69) is 13.8 Å². The van der Waals surface area contributed by atoms with Crippen molar-refractivity contribution < 1.29 is 0 Å². The molecule has 0 radical (unpaired) electrons. The lowest BCUT2D eigenvalue weighted by molar-refractivity contribution is 0.176. The molecule has 0 spiro atoms. The summed E-state index contributed by atoms with van der Waals surface area (Å²) in [4.78, 5) is 0. The van der Waals surface area contributed by atoms with E-state index < -0.39 is 0 Å². The molecule has 0 bridgehead atoms. The molecule has 2 aliphatic rings. The van der Waals surface area contributed by atoms with E-state index in [0.29, 0.717) is 0 Å². The Balaban J connectivity index is 2.07. The van der Waals surface area contributed by atoms with Gasteiger partial charge < -0.3 is 0 Å². The fourth-order valence-corrected chi connectivity index (χ4v) is 2.69. The average Bonchev–Trinajstić information content (AvgIpc) is 1.92. The Morgan fingerprint density at radius 3 is 2.11 bits per heavy atom. The van der Waals surface area contributed by atoms with Crippen molar-refractivity contribution in [3.8, 4) is 0 Å². The lowest BCUT2D eigenvalue weighted by Gasteiger charge is -2.32. The van der Waals surface area contributed by atoms with E-state index in [1.807, 2.05) is 0 Å². The van der Waals surface area contributed by atoms with Gasteiger partial charge in [-0.05, 0) is 42.9 Å². The first-order valence-electron chi connectivity index (χ1n) is 4.29. The van der Waals surface area contributed by atoms with Crippen LogP contribution in [0.15, 0.2) is 0 Å². The third-order valence-electron chi connectivity index (χ3n) is 3.72. The molecule has 0 N–H and O–H groups in total. The van der Waals surface area contributed by atoms with Crippen LogP contribution < -0.4 is 0 Å². The molecule has 0 aromatic heterocycles. The molecular weight excluding hydrogens is 108 g/mol. The zero-order valence-electron chi connectivity index (χ0n) is 6.43. The number of hydrogen-bond donors (Lipinski definition) is 0. The Morgan fingerprint density at radius 1 is 1.11 bits per heavy atom. The highest BCUT2D eigenvalue weighted by molar-refractivity contribution is 4.93. The van der Waals surface area contributed by atoms with Crippen LogP contribution in [0.5, 0.6) is 0 Å². The Labute approximate surface area is 57.6 Å². The largest absolute Gasteiger partial charge is 0.0622 e. The molecule has 0 saturated heterocycles. The minimum atomic E-state index is 1.03. The van der Waals surface area contributed by atoms with Gasteiger partial charge in [0.15, 0.2) is 0 Å². The molecular formula is C9H16. The van der Waals surface area contributed by atoms with Crippen molar-refractivity contribution in [3.05, 3.63) is 0 Å². The van der Waals surface area contributed by atoms with E-state index in [9.17, 15) is 0 Å².